The van der Waals surface area contributed by atoms with E-state index >= 15 is 0 Å². The van der Waals surface area contributed by atoms with E-state index in [2.05, 4.69) is 38.1 Å². The van der Waals surface area contributed by atoms with Crippen LogP contribution in [-0.2, 0) is 0 Å². The highest BCUT2D eigenvalue weighted by molar-refractivity contribution is 5.27. The lowest BCUT2D eigenvalue weighted by Gasteiger charge is -2.22. The van der Waals surface area contributed by atoms with Crippen LogP contribution in [0.15, 0.2) is 24.3 Å². The molecule has 1 aliphatic rings. The molecule has 0 aliphatic heterocycles. The molecule has 0 radical (unpaired) electrons. The van der Waals surface area contributed by atoms with Gasteiger partial charge in [0.25, 0.3) is 0 Å². The van der Waals surface area contributed by atoms with Crippen molar-refractivity contribution in [2.75, 3.05) is 0 Å². The molecule has 1 saturated carbocycles. The normalized spacial score (nSPS) is 19.6. The quantitative estimate of drug-likeness (QED) is 0.647. The average molecular weight is 216 g/mol. The Kier molecular flexibility index (Phi) is 4.04. The van der Waals surface area contributed by atoms with Gasteiger partial charge in [-0.15, -0.1) is 0 Å². The standard InChI is InChI=1S/C16H24/c1-3-13(2)14-9-11-16(12-10-14)15-7-5-4-6-8-15/h9-13,15H,3-8H2,1-2H3. The summed E-state index contributed by atoms with van der Waals surface area (Å²) in [5.41, 5.74) is 3.08. The minimum atomic E-state index is 0.709. The van der Waals surface area contributed by atoms with Gasteiger partial charge in [0.15, 0.2) is 0 Å². The van der Waals surface area contributed by atoms with Gasteiger partial charge in [0.1, 0.15) is 0 Å². The topological polar surface area (TPSA) is 0 Å². The van der Waals surface area contributed by atoms with E-state index in [1.165, 1.54) is 44.1 Å². The zero-order valence-corrected chi connectivity index (χ0v) is 10.7. The van der Waals surface area contributed by atoms with Crippen molar-refractivity contribution in [1.82, 2.24) is 0 Å². The second-order valence-electron chi connectivity index (χ2n) is 5.31. The maximum absolute atomic E-state index is 2.37. The molecule has 88 valence electrons. The molecular formula is C16H24. The van der Waals surface area contributed by atoms with Crippen LogP contribution in [0.25, 0.3) is 0 Å². The van der Waals surface area contributed by atoms with E-state index in [4.69, 9.17) is 0 Å². The summed E-state index contributed by atoms with van der Waals surface area (Å²) >= 11 is 0. The van der Waals surface area contributed by atoms with Gasteiger partial charge in [-0.05, 0) is 42.2 Å². The van der Waals surface area contributed by atoms with Gasteiger partial charge in [-0.3, -0.25) is 0 Å². The first-order valence-corrected chi connectivity index (χ1v) is 6.91. The first-order chi connectivity index (χ1) is 7.81. The Morgan fingerprint density at radius 2 is 1.69 bits per heavy atom. The molecule has 16 heavy (non-hydrogen) atoms. The third-order valence-electron chi connectivity index (χ3n) is 4.19. The Hall–Kier alpha value is -0.780. The number of hydrogen-bond donors (Lipinski definition) is 0. The van der Waals surface area contributed by atoms with Crippen molar-refractivity contribution in [2.24, 2.45) is 0 Å². The lowest BCUT2D eigenvalue weighted by atomic mass is 9.83. The molecule has 2 rings (SSSR count). The van der Waals surface area contributed by atoms with Gasteiger partial charge in [-0.25, -0.2) is 0 Å². The van der Waals surface area contributed by atoms with E-state index < -0.39 is 0 Å². The average Bonchev–Trinajstić information content (AvgIpc) is 2.39. The molecule has 0 nitrogen and oxygen atoms in total. The summed E-state index contributed by atoms with van der Waals surface area (Å²) in [6, 6.07) is 9.44. The zero-order chi connectivity index (χ0) is 11.4. The second-order valence-corrected chi connectivity index (χ2v) is 5.31. The van der Waals surface area contributed by atoms with Crippen molar-refractivity contribution in [3.63, 3.8) is 0 Å². The highest BCUT2D eigenvalue weighted by Crippen LogP contribution is 2.33. The highest BCUT2D eigenvalue weighted by atomic mass is 14.2. The summed E-state index contributed by atoms with van der Waals surface area (Å²) in [7, 11) is 0. The smallest absolute Gasteiger partial charge is 0.0162 e. The van der Waals surface area contributed by atoms with E-state index in [0.29, 0.717) is 5.92 Å². The van der Waals surface area contributed by atoms with Crippen LogP contribution in [0, 0.1) is 0 Å². The zero-order valence-electron chi connectivity index (χ0n) is 10.7. The van der Waals surface area contributed by atoms with Crippen molar-refractivity contribution in [3.05, 3.63) is 35.4 Å². The van der Waals surface area contributed by atoms with Crippen molar-refractivity contribution in [3.8, 4) is 0 Å². The fraction of sp³-hybridized carbons (Fsp3) is 0.625. The first-order valence-electron chi connectivity index (χ1n) is 6.91. The van der Waals surface area contributed by atoms with Gasteiger partial charge < -0.3 is 0 Å². The molecular weight excluding hydrogens is 192 g/mol. The Bertz CT molecular complexity index is 303. The van der Waals surface area contributed by atoms with Crippen LogP contribution in [0.2, 0.25) is 0 Å². The van der Waals surface area contributed by atoms with Crippen molar-refractivity contribution < 1.29 is 0 Å². The minimum absolute atomic E-state index is 0.709. The fourth-order valence-corrected chi connectivity index (χ4v) is 2.77. The minimum Gasteiger partial charge on any atom is -0.0648 e. The molecule has 1 aromatic rings. The second kappa shape index (κ2) is 5.52. The molecule has 0 amide bonds. The molecule has 1 fully saturated rings. The number of rotatable bonds is 3. The maximum atomic E-state index is 2.37. The van der Waals surface area contributed by atoms with Crippen molar-refractivity contribution in [1.29, 1.82) is 0 Å². The van der Waals surface area contributed by atoms with E-state index in [1.54, 1.807) is 5.56 Å². The Morgan fingerprint density at radius 1 is 1.06 bits per heavy atom. The van der Waals surface area contributed by atoms with E-state index in [1.807, 2.05) is 0 Å². The molecule has 0 heterocycles. The van der Waals surface area contributed by atoms with Gasteiger partial charge >= 0.3 is 0 Å². The monoisotopic (exact) mass is 216 g/mol. The summed E-state index contributed by atoms with van der Waals surface area (Å²) < 4.78 is 0. The van der Waals surface area contributed by atoms with E-state index in [-0.39, 0.29) is 0 Å². The van der Waals surface area contributed by atoms with Gasteiger partial charge in [-0.1, -0.05) is 57.4 Å². The van der Waals surface area contributed by atoms with Crippen LogP contribution in [0.3, 0.4) is 0 Å². The molecule has 1 atom stereocenters. The molecule has 1 aliphatic carbocycles. The van der Waals surface area contributed by atoms with E-state index in [9.17, 15) is 0 Å². The van der Waals surface area contributed by atoms with E-state index in [0.717, 1.165) is 5.92 Å². The van der Waals surface area contributed by atoms with Crippen molar-refractivity contribution >= 4 is 0 Å². The maximum Gasteiger partial charge on any atom is -0.0162 e. The van der Waals surface area contributed by atoms with Crippen LogP contribution >= 0.6 is 0 Å². The largest absolute Gasteiger partial charge is 0.0648 e. The van der Waals surface area contributed by atoms with Gasteiger partial charge in [0.2, 0.25) is 0 Å². The predicted octanol–water partition coefficient (Wildman–Crippen LogP) is 5.25. The predicted molar refractivity (Wildman–Crippen MR) is 71.0 cm³/mol. The highest BCUT2D eigenvalue weighted by Gasteiger charge is 2.15. The Balaban J connectivity index is 2.06. The summed E-state index contributed by atoms with van der Waals surface area (Å²) in [6.45, 7) is 4.58. The molecule has 0 N–H and O–H groups in total. The van der Waals surface area contributed by atoms with Crippen LogP contribution in [-0.4, -0.2) is 0 Å². The summed E-state index contributed by atoms with van der Waals surface area (Å²) in [5, 5.41) is 0. The number of hydrogen-bond acceptors (Lipinski definition) is 0. The number of benzene rings is 1. The first kappa shape index (κ1) is 11.7. The van der Waals surface area contributed by atoms with Crippen molar-refractivity contribution in [2.45, 2.75) is 64.2 Å². The molecule has 0 saturated heterocycles. The molecule has 0 heteroatoms. The van der Waals surface area contributed by atoms with Crippen LogP contribution in [0.5, 0.6) is 0 Å². The lowest BCUT2D eigenvalue weighted by molar-refractivity contribution is 0.443. The fourth-order valence-electron chi connectivity index (χ4n) is 2.77. The molecule has 0 bridgehead atoms. The SMILES string of the molecule is CCC(C)c1ccc(C2CCCCC2)cc1. The Labute approximate surface area is 100 Å². The summed E-state index contributed by atoms with van der Waals surface area (Å²) in [5.74, 6) is 1.56. The Morgan fingerprint density at radius 3 is 2.25 bits per heavy atom. The summed E-state index contributed by atoms with van der Waals surface area (Å²) in [6.07, 6.45) is 8.35. The lowest BCUT2D eigenvalue weighted by Crippen LogP contribution is -2.04. The third-order valence-corrected chi connectivity index (χ3v) is 4.19. The molecule has 1 aromatic carbocycles. The van der Waals surface area contributed by atoms with Gasteiger partial charge in [0, 0.05) is 0 Å². The molecule has 0 spiro atoms. The van der Waals surface area contributed by atoms with Gasteiger partial charge in [0.05, 0.1) is 0 Å². The van der Waals surface area contributed by atoms with Crippen LogP contribution in [0.1, 0.15) is 75.3 Å². The molecule has 1 unspecified atom stereocenters. The van der Waals surface area contributed by atoms with Crippen LogP contribution < -0.4 is 0 Å². The van der Waals surface area contributed by atoms with Gasteiger partial charge in [-0.2, -0.15) is 0 Å². The van der Waals surface area contributed by atoms with Crippen LogP contribution in [0.4, 0.5) is 0 Å². The summed E-state index contributed by atoms with van der Waals surface area (Å²) in [4.78, 5) is 0. The third kappa shape index (κ3) is 2.66. The molecule has 0 aromatic heterocycles.